The fourth-order valence-electron chi connectivity index (χ4n) is 3.02. The highest BCUT2D eigenvalue weighted by Crippen LogP contribution is 2.26. The molecule has 2 saturated heterocycles. The van der Waals surface area contributed by atoms with Crippen LogP contribution in [0.25, 0.3) is 0 Å². The van der Waals surface area contributed by atoms with Crippen LogP contribution in [0.2, 0.25) is 0 Å². The Kier molecular flexibility index (Phi) is 3.14. The zero-order valence-electron chi connectivity index (χ0n) is 10.3. The van der Waals surface area contributed by atoms with Crippen molar-refractivity contribution in [2.24, 2.45) is 0 Å². The smallest absolute Gasteiger partial charge is 0.0912 e. The first-order valence-electron chi connectivity index (χ1n) is 6.46. The van der Waals surface area contributed by atoms with E-state index in [1.54, 1.807) is 6.08 Å². The summed E-state index contributed by atoms with van der Waals surface area (Å²) in [5.41, 5.74) is 2.64. The maximum atomic E-state index is 8.78. The first-order chi connectivity index (χ1) is 8.85. The van der Waals surface area contributed by atoms with Crippen molar-refractivity contribution in [3.63, 3.8) is 0 Å². The van der Waals surface area contributed by atoms with Crippen LogP contribution in [0.3, 0.4) is 0 Å². The average molecular weight is 239 g/mol. The first-order valence-corrected chi connectivity index (χ1v) is 6.46. The Morgan fingerprint density at radius 1 is 1.33 bits per heavy atom. The van der Waals surface area contributed by atoms with E-state index in [4.69, 9.17) is 5.26 Å². The first kappa shape index (κ1) is 11.5. The lowest BCUT2D eigenvalue weighted by Gasteiger charge is -2.32. The molecule has 2 fully saturated rings. The van der Waals surface area contributed by atoms with Crippen molar-refractivity contribution in [3.05, 3.63) is 47.5 Å². The number of rotatable bonds is 2. The quantitative estimate of drug-likeness (QED) is 0.798. The summed E-state index contributed by atoms with van der Waals surface area (Å²) in [4.78, 5) is 2.49. The molecular formula is C15H17N3. The standard InChI is InChI=1S/C15H17N3/c16-7-6-13-8-14-10-18(11-15(13)17-14)9-12-4-2-1-3-5-12/h1-6,14-15,17H,8-11H2/t14-,15-/m1/s1. The number of nitriles is 1. The molecular weight excluding hydrogens is 222 g/mol. The number of likely N-dealkylation sites (tertiary alicyclic amines) is 1. The third kappa shape index (κ3) is 2.31. The molecule has 1 N–H and O–H groups in total. The molecule has 0 saturated carbocycles. The molecule has 2 atom stereocenters. The van der Waals surface area contributed by atoms with E-state index >= 15 is 0 Å². The summed E-state index contributed by atoms with van der Waals surface area (Å²) < 4.78 is 0. The Hall–Kier alpha value is -1.63. The van der Waals surface area contributed by atoms with E-state index in [0.717, 1.165) is 26.1 Å². The van der Waals surface area contributed by atoms with Gasteiger partial charge in [0.25, 0.3) is 0 Å². The van der Waals surface area contributed by atoms with Crippen LogP contribution < -0.4 is 5.32 Å². The van der Waals surface area contributed by atoms with Crippen molar-refractivity contribution >= 4 is 0 Å². The van der Waals surface area contributed by atoms with Gasteiger partial charge in [0.1, 0.15) is 0 Å². The third-order valence-electron chi connectivity index (χ3n) is 3.78. The molecule has 0 radical (unpaired) electrons. The zero-order chi connectivity index (χ0) is 12.4. The molecule has 1 aromatic carbocycles. The molecule has 2 bridgehead atoms. The van der Waals surface area contributed by atoms with Gasteiger partial charge in [-0.3, -0.25) is 4.90 Å². The lowest BCUT2D eigenvalue weighted by Crippen LogP contribution is -2.50. The highest BCUT2D eigenvalue weighted by atomic mass is 15.2. The van der Waals surface area contributed by atoms with Gasteiger partial charge in [-0.25, -0.2) is 0 Å². The normalized spacial score (nSPS) is 29.4. The Bertz CT molecular complexity index is 486. The van der Waals surface area contributed by atoms with Gasteiger partial charge in [0.05, 0.1) is 6.07 Å². The van der Waals surface area contributed by atoms with E-state index < -0.39 is 0 Å². The van der Waals surface area contributed by atoms with Crippen LogP contribution >= 0.6 is 0 Å². The minimum absolute atomic E-state index is 0.382. The number of nitrogens with zero attached hydrogens (tertiary/aromatic N) is 2. The molecule has 92 valence electrons. The molecule has 0 spiro atoms. The summed E-state index contributed by atoms with van der Waals surface area (Å²) in [5.74, 6) is 0. The van der Waals surface area contributed by atoms with Gasteiger partial charge >= 0.3 is 0 Å². The highest BCUT2D eigenvalue weighted by Gasteiger charge is 2.35. The minimum Gasteiger partial charge on any atom is -0.305 e. The summed E-state index contributed by atoms with van der Waals surface area (Å²) in [6.45, 7) is 3.10. The van der Waals surface area contributed by atoms with Crippen LogP contribution in [0.4, 0.5) is 0 Å². The van der Waals surface area contributed by atoms with E-state index in [1.807, 2.05) is 0 Å². The molecule has 3 nitrogen and oxygen atoms in total. The van der Waals surface area contributed by atoms with E-state index in [-0.39, 0.29) is 0 Å². The molecule has 3 rings (SSSR count). The van der Waals surface area contributed by atoms with Gasteiger partial charge in [0, 0.05) is 37.8 Å². The molecule has 0 aromatic heterocycles. The molecule has 3 heteroatoms. The largest absolute Gasteiger partial charge is 0.305 e. The van der Waals surface area contributed by atoms with E-state index in [1.165, 1.54) is 11.1 Å². The molecule has 2 heterocycles. The molecule has 1 aromatic rings. The predicted octanol–water partition coefficient (Wildman–Crippen LogP) is 1.68. The van der Waals surface area contributed by atoms with E-state index in [0.29, 0.717) is 12.1 Å². The number of hydrogen-bond acceptors (Lipinski definition) is 3. The van der Waals surface area contributed by atoms with Gasteiger partial charge in [-0.05, 0) is 17.6 Å². The second-order valence-corrected chi connectivity index (χ2v) is 5.15. The third-order valence-corrected chi connectivity index (χ3v) is 3.78. The monoisotopic (exact) mass is 239 g/mol. The van der Waals surface area contributed by atoms with Crippen LogP contribution in [0.15, 0.2) is 42.0 Å². The van der Waals surface area contributed by atoms with Gasteiger partial charge < -0.3 is 5.32 Å². The van der Waals surface area contributed by atoms with Crippen molar-refractivity contribution in [3.8, 4) is 6.07 Å². The van der Waals surface area contributed by atoms with Crippen LogP contribution in [0, 0.1) is 11.3 Å². The highest BCUT2D eigenvalue weighted by molar-refractivity contribution is 5.27. The number of nitrogens with one attached hydrogen (secondary N) is 1. The predicted molar refractivity (Wildman–Crippen MR) is 70.7 cm³/mol. The van der Waals surface area contributed by atoms with Crippen LogP contribution in [-0.4, -0.2) is 30.1 Å². The zero-order valence-corrected chi connectivity index (χ0v) is 10.3. The molecule has 0 unspecified atom stereocenters. The number of allylic oxidation sites excluding steroid dienone is 1. The van der Waals surface area contributed by atoms with Gasteiger partial charge in [-0.1, -0.05) is 30.3 Å². The molecule has 2 aliphatic heterocycles. The summed E-state index contributed by atoms with van der Waals surface area (Å²) in [6, 6.07) is 13.7. The minimum atomic E-state index is 0.382. The van der Waals surface area contributed by atoms with Crippen molar-refractivity contribution in [2.45, 2.75) is 25.0 Å². The SMILES string of the molecule is N#CC=C1C[C@@H]2CN(Cc3ccccc3)C[C@H]1N2. The van der Waals surface area contributed by atoms with Crippen molar-refractivity contribution in [1.29, 1.82) is 5.26 Å². The molecule has 18 heavy (non-hydrogen) atoms. The maximum Gasteiger partial charge on any atom is 0.0912 e. The van der Waals surface area contributed by atoms with Crippen molar-refractivity contribution in [2.75, 3.05) is 13.1 Å². The Morgan fingerprint density at radius 3 is 2.94 bits per heavy atom. The lowest BCUT2D eigenvalue weighted by molar-refractivity contribution is 0.192. The topological polar surface area (TPSA) is 39.1 Å². The van der Waals surface area contributed by atoms with E-state index in [2.05, 4.69) is 46.6 Å². The second-order valence-electron chi connectivity index (χ2n) is 5.15. The fraction of sp³-hybridized carbons (Fsp3) is 0.400. The van der Waals surface area contributed by atoms with Crippen LogP contribution in [0.1, 0.15) is 12.0 Å². The Labute approximate surface area is 108 Å². The summed E-state index contributed by atoms with van der Waals surface area (Å²) in [7, 11) is 0. The van der Waals surface area contributed by atoms with Crippen LogP contribution in [-0.2, 0) is 6.54 Å². The summed E-state index contributed by atoms with van der Waals surface area (Å²) in [5, 5.41) is 12.4. The second kappa shape index (κ2) is 4.93. The lowest BCUT2D eigenvalue weighted by atomic mass is 10.1. The van der Waals surface area contributed by atoms with Gasteiger partial charge in [0.2, 0.25) is 0 Å². The number of hydrogen-bond donors (Lipinski definition) is 1. The van der Waals surface area contributed by atoms with Crippen LogP contribution in [0.5, 0.6) is 0 Å². The number of benzene rings is 1. The molecule has 2 aliphatic rings. The fourth-order valence-corrected chi connectivity index (χ4v) is 3.02. The Balaban J connectivity index is 1.68. The average Bonchev–Trinajstić information content (AvgIpc) is 2.66. The van der Waals surface area contributed by atoms with Gasteiger partial charge in [0.15, 0.2) is 0 Å². The van der Waals surface area contributed by atoms with Gasteiger partial charge in [-0.2, -0.15) is 5.26 Å². The summed E-state index contributed by atoms with van der Waals surface area (Å²) in [6.07, 6.45) is 2.76. The Morgan fingerprint density at radius 2 is 2.17 bits per heavy atom. The van der Waals surface area contributed by atoms with Gasteiger partial charge in [-0.15, -0.1) is 0 Å². The number of piperazine rings is 1. The molecule has 0 aliphatic carbocycles. The number of fused-ring (bicyclic) bond motifs is 2. The maximum absolute atomic E-state index is 8.78. The molecule has 0 amide bonds. The van der Waals surface area contributed by atoms with E-state index in [9.17, 15) is 0 Å². The summed E-state index contributed by atoms with van der Waals surface area (Å²) >= 11 is 0. The van der Waals surface area contributed by atoms with Crippen molar-refractivity contribution in [1.82, 2.24) is 10.2 Å². The van der Waals surface area contributed by atoms with Crippen molar-refractivity contribution < 1.29 is 0 Å².